The van der Waals surface area contributed by atoms with Crippen LogP contribution in [0, 0.1) is 35.5 Å². The third-order valence-electron chi connectivity index (χ3n) is 29.1. The molecule has 7 nitrogen and oxygen atoms in total. The van der Waals surface area contributed by atoms with Crippen LogP contribution < -0.4 is 9.80 Å². The first-order chi connectivity index (χ1) is 57.0. The fourth-order valence-electron chi connectivity index (χ4n) is 24.6. The Hall–Kier alpha value is -12.8. The Balaban J connectivity index is 0.616. The number of rotatable bonds is 10. The fourth-order valence-corrected chi connectivity index (χ4v) is 26.5. The second-order valence-electron chi connectivity index (χ2n) is 34.5. The molecule has 0 radical (unpaired) electrons. The van der Waals surface area contributed by atoms with E-state index in [2.05, 4.69) is 291 Å². The molecule has 8 atom stereocenters. The number of sulfone groups is 1. The van der Waals surface area contributed by atoms with Crippen LogP contribution in [-0.4, -0.2) is 8.42 Å². The third-order valence-corrected chi connectivity index (χ3v) is 30.9. The summed E-state index contributed by atoms with van der Waals surface area (Å²) in [6, 6.07) is 114. The van der Waals surface area contributed by atoms with Gasteiger partial charge in [-0.05, 0) is 272 Å². The Kier molecular flexibility index (Phi) is 14.2. The summed E-state index contributed by atoms with van der Waals surface area (Å²) in [6.07, 6.45) is 10.2. The van der Waals surface area contributed by atoms with Gasteiger partial charge in [0.25, 0.3) is 0 Å². The van der Waals surface area contributed by atoms with Gasteiger partial charge in [0.15, 0.2) is 0 Å². The van der Waals surface area contributed by atoms with Gasteiger partial charge >= 0.3 is 0 Å². The summed E-state index contributed by atoms with van der Waals surface area (Å²) in [4.78, 5) is 5.20. The molecule has 0 amide bonds. The smallest absolute Gasteiger partial charge is 0.208 e. The van der Waals surface area contributed by atoms with Gasteiger partial charge in [0.1, 0.15) is 33.5 Å². The molecule has 0 saturated heterocycles. The van der Waals surface area contributed by atoms with Crippen LogP contribution >= 0.6 is 0 Å². The lowest BCUT2D eigenvalue weighted by Gasteiger charge is -2.47. The molecule has 558 valence electrons. The lowest BCUT2D eigenvalue weighted by Crippen LogP contribution is -2.43. The molecule has 4 heterocycles. The molecule has 15 aromatic carbocycles. The van der Waals surface area contributed by atoms with Crippen LogP contribution in [0.2, 0.25) is 0 Å². The Morgan fingerprint density at radius 3 is 1.21 bits per heavy atom. The van der Waals surface area contributed by atoms with Crippen LogP contribution in [0.5, 0.6) is 0 Å². The van der Waals surface area contributed by atoms with Gasteiger partial charge in [-0.1, -0.05) is 227 Å². The maximum Gasteiger partial charge on any atom is 0.208 e. The number of hydrogen-bond acceptors (Lipinski definition) is 7. The largest absolute Gasteiger partial charge is 0.456 e. The Labute approximate surface area is 673 Å². The zero-order valence-corrected chi connectivity index (χ0v) is 65.3. The first-order valence-corrected chi connectivity index (χ1v) is 43.2. The van der Waals surface area contributed by atoms with Gasteiger partial charge in [-0.15, -0.1) is 0 Å². The Morgan fingerprint density at radius 2 is 0.672 bits per heavy atom. The van der Waals surface area contributed by atoms with Gasteiger partial charge in [-0.3, -0.25) is 0 Å². The van der Waals surface area contributed by atoms with Gasteiger partial charge in [0.2, 0.25) is 9.84 Å². The van der Waals surface area contributed by atoms with Crippen molar-refractivity contribution < 1.29 is 21.7 Å². The van der Waals surface area contributed by atoms with E-state index in [1.54, 1.807) is 0 Å². The van der Waals surface area contributed by atoms with Crippen molar-refractivity contribution in [2.24, 2.45) is 35.5 Å². The normalized spacial score (nSPS) is 21.5. The lowest BCUT2D eigenvalue weighted by atomic mass is 9.56. The molecule has 1 aliphatic heterocycles. The van der Waals surface area contributed by atoms with Gasteiger partial charge in [-0.25, -0.2) is 8.42 Å². The highest BCUT2D eigenvalue weighted by Crippen LogP contribution is 2.68. The van der Waals surface area contributed by atoms with E-state index in [1.165, 1.54) is 95.9 Å². The van der Waals surface area contributed by atoms with Crippen molar-refractivity contribution in [1.82, 2.24) is 0 Å². The second kappa shape index (κ2) is 24.6. The molecule has 6 aliphatic carbocycles. The quantitative estimate of drug-likeness (QED) is 0.135. The second-order valence-corrected chi connectivity index (χ2v) is 36.4. The summed E-state index contributed by atoms with van der Waals surface area (Å²) in [6.45, 7) is 5.04. The van der Waals surface area contributed by atoms with E-state index in [4.69, 9.17) is 13.3 Å². The molecule has 2 unspecified atom stereocenters. The number of hydrogen-bond donors (Lipinski definition) is 0. The molecule has 18 aromatic rings. The predicted molar refractivity (Wildman–Crippen MR) is 472 cm³/mol. The van der Waals surface area contributed by atoms with Crippen molar-refractivity contribution in [2.75, 3.05) is 9.80 Å². The van der Waals surface area contributed by atoms with Gasteiger partial charge in [-0.2, -0.15) is 0 Å². The Morgan fingerprint density at radius 1 is 0.284 bits per heavy atom. The van der Waals surface area contributed by atoms with Crippen molar-refractivity contribution in [3.63, 3.8) is 0 Å². The number of fused-ring (bicyclic) bond motifs is 29. The number of benzene rings is 15. The number of furan rings is 3. The molecule has 3 aromatic heterocycles. The standard InChI is InChI=1S/C108H80N2O5S/c1-63-55-65-33-39-69(57-65)107(63)92-27-11-7-21-81(92)90-59-73(47-52-94(90)107)109(71-41-35-67(36-42-71)77-17-3-5-19-79(77)84-25-15-31-98-103(84)87-23-9-13-29-96(87)113-98)75-46-50-89-101(61-75)115-100-54-51-86-83-49-45-76(62-102(83)116(111,112)106(86)105(89)100)110(74-48-53-95-91(60-74)82-22-8-12-28-93(82)108(95)64(2)56-66-34-40-70(108)58-66)72-43-37-68(38-44-72)78-18-4-6-20-80(78)85-26-16-32-99-104(85)88-24-10-14-30-97(88)114-99/h3-32,35-38,41-54,59-66,69-70H,33-34,39-40,55-58H2,1-2H3/t63-,64-,65-,66-,69-,70-,107?,108?/m0/s1. The average Bonchev–Trinajstić information content (AvgIpc) is 1.53. The van der Waals surface area contributed by atoms with E-state index in [1.807, 2.05) is 48.5 Å². The summed E-state index contributed by atoms with van der Waals surface area (Å²) in [5, 5.41) is 5.72. The molecule has 25 rings (SSSR count). The van der Waals surface area contributed by atoms with Crippen molar-refractivity contribution in [3.8, 4) is 77.9 Å². The molecule has 4 bridgehead atoms. The number of anilines is 6. The lowest BCUT2D eigenvalue weighted by molar-refractivity contribution is 0.162. The third kappa shape index (κ3) is 9.22. The first-order valence-electron chi connectivity index (χ1n) is 41.7. The number of para-hydroxylation sites is 2. The van der Waals surface area contributed by atoms with Crippen LogP contribution in [0.15, 0.2) is 338 Å². The van der Waals surface area contributed by atoms with Crippen molar-refractivity contribution in [1.29, 1.82) is 0 Å². The molecule has 4 saturated carbocycles. The highest BCUT2D eigenvalue weighted by atomic mass is 32.2. The summed E-state index contributed by atoms with van der Waals surface area (Å²) in [5.41, 5.74) is 31.3. The molecule has 116 heavy (non-hydrogen) atoms. The van der Waals surface area contributed by atoms with E-state index < -0.39 is 9.84 Å². The highest BCUT2D eigenvalue weighted by molar-refractivity contribution is 7.92. The molecule has 0 N–H and O–H groups in total. The van der Waals surface area contributed by atoms with E-state index in [-0.39, 0.29) is 20.6 Å². The zero-order valence-electron chi connectivity index (χ0n) is 64.5. The minimum absolute atomic E-state index is 0.0403. The van der Waals surface area contributed by atoms with E-state index in [9.17, 15) is 0 Å². The highest BCUT2D eigenvalue weighted by Gasteiger charge is 2.59. The van der Waals surface area contributed by atoms with E-state index in [0.29, 0.717) is 51.4 Å². The predicted octanol–water partition coefficient (Wildman–Crippen LogP) is 29.3. The topological polar surface area (TPSA) is 80.0 Å². The zero-order chi connectivity index (χ0) is 76.6. The maximum atomic E-state index is 16.3. The molecule has 4 fully saturated rings. The summed E-state index contributed by atoms with van der Waals surface area (Å²) in [5.74, 6) is 3.76. The van der Waals surface area contributed by atoms with Gasteiger partial charge in [0, 0.05) is 94.5 Å². The van der Waals surface area contributed by atoms with Gasteiger partial charge < -0.3 is 23.1 Å². The van der Waals surface area contributed by atoms with Crippen LogP contribution in [0.25, 0.3) is 144 Å². The van der Waals surface area contributed by atoms with Crippen LogP contribution in [0.3, 0.4) is 0 Å². The summed E-state index contributed by atoms with van der Waals surface area (Å²) >= 11 is 0. The van der Waals surface area contributed by atoms with Crippen molar-refractivity contribution in [2.45, 2.75) is 85.8 Å². The summed E-state index contributed by atoms with van der Waals surface area (Å²) in [7, 11) is -4.19. The average molecular weight is 1520 g/mol. The molecule has 8 heteroatoms. The fraction of sp³-hybridized carbons (Fsp3) is 0.167. The molecule has 2 spiro atoms. The maximum absolute atomic E-state index is 16.3. The SMILES string of the molecule is C[C@H]1C[C@@H]2CC[C@@H](C2)C12c1ccccc1-c1cc(N(c3ccc(-c4ccccc4-c4cccc5oc6ccccc6c45)cc3)c3ccc4c(c3)S(=O)(=O)c3c-4ccc4oc5cc(N(c6ccc(-c7ccccc7-c7cccc8oc9ccccc9c78)cc6)c6ccc7c(c6)-c6ccccc6C76[C@H]7CC[C@H](C7)C[C@@H]6C)ccc5c34)ccc12. The molecular weight excluding hydrogens is 1440 g/mol. The number of nitrogens with zero attached hydrogens (tertiary/aromatic N) is 2. The van der Waals surface area contributed by atoms with Crippen molar-refractivity contribution in [3.05, 3.63) is 338 Å². The monoisotopic (exact) mass is 1520 g/mol. The van der Waals surface area contributed by atoms with Crippen LogP contribution in [0.1, 0.15) is 87.5 Å². The van der Waals surface area contributed by atoms with E-state index >= 15 is 8.42 Å². The van der Waals surface area contributed by atoms with Crippen LogP contribution in [0.4, 0.5) is 34.1 Å². The van der Waals surface area contributed by atoms with Crippen molar-refractivity contribution >= 4 is 110 Å². The first kappa shape index (κ1) is 66.7. The van der Waals surface area contributed by atoms with E-state index in [0.717, 1.165) is 140 Å². The van der Waals surface area contributed by atoms with Crippen LogP contribution in [-0.2, 0) is 20.7 Å². The Bertz CT molecular complexity index is 7360. The molecular formula is C108H80N2O5S. The summed E-state index contributed by atoms with van der Waals surface area (Å²) < 4.78 is 52.5. The van der Waals surface area contributed by atoms with Gasteiger partial charge in [0.05, 0.1) is 9.79 Å². The minimum Gasteiger partial charge on any atom is -0.456 e. The molecule has 7 aliphatic rings. The minimum atomic E-state index is -4.19.